The Labute approximate surface area is 244 Å². The summed E-state index contributed by atoms with van der Waals surface area (Å²) in [4.78, 5) is 14.3. The molecule has 0 aromatic heterocycles. The minimum absolute atomic E-state index is 0.0191. The molecular formula is C34H53NO4Si. The predicted molar refractivity (Wildman–Crippen MR) is 168 cm³/mol. The number of piperidine rings is 1. The van der Waals surface area contributed by atoms with Gasteiger partial charge in [-0.05, 0) is 81.6 Å². The lowest BCUT2D eigenvalue weighted by Gasteiger charge is -2.44. The quantitative estimate of drug-likeness (QED) is 0.211. The Morgan fingerprint density at radius 2 is 1.43 bits per heavy atom. The number of carbonyl (C=O) groups is 1. The van der Waals surface area contributed by atoms with Crippen molar-refractivity contribution in [1.82, 2.24) is 4.90 Å². The van der Waals surface area contributed by atoms with Crippen LogP contribution in [-0.2, 0) is 13.9 Å². The molecule has 1 aliphatic rings. The Morgan fingerprint density at radius 1 is 0.900 bits per heavy atom. The minimum Gasteiger partial charge on any atom is -0.444 e. The van der Waals surface area contributed by atoms with E-state index in [1.165, 1.54) is 10.4 Å². The number of rotatable bonds is 11. The number of hydrogen-bond donors (Lipinski definition) is 0. The highest BCUT2D eigenvalue weighted by Crippen LogP contribution is 2.38. The average Bonchev–Trinajstić information content (AvgIpc) is 2.91. The fourth-order valence-electron chi connectivity index (χ4n) is 5.90. The number of amides is 1. The summed E-state index contributed by atoms with van der Waals surface area (Å²) in [6.45, 7) is 19.3. The maximum Gasteiger partial charge on any atom is 0.410 e. The summed E-state index contributed by atoms with van der Waals surface area (Å²) < 4.78 is 19.3. The third kappa shape index (κ3) is 8.20. The van der Waals surface area contributed by atoms with Crippen molar-refractivity contribution in [3.05, 3.63) is 60.7 Å². The molecule has 5 nitrogen and oxygen atoms in total. The number of hydrogen-bond acceptors (Lipinski definition) is 4. The third-order valence-electron chi connectivity index (χ3n) is 8.18. The molecule has 1 aliphatic heterocycles. The first-order chi connectivity index (χ1) is 18.8. The molecule has 1 fully saturated rings. The maximum absolute atomic E-state index is 12.5. The Morgan fingerprint density at radius 3 is 1.88 bits per heavy atom. The second-order valence-corrected chi connectivity index (χ2v) is 17.7. The minimum atomic E-state index is -2.53. The second-order valence-electron chi connectivity index (χ2n) is 13.4. The van der Waals surface area contributed by atoms with Gasteiger partial charge in [-0.25, -0.2) is 4.79 Å². The zero-order chi connectivity index (χ0) is 29.4. The van der Waals surface area contributed by atoms with Gasteiger partial charge in [0.05, 0.1) is 5.60 Å². The number of ether oxygens (including phenoxy) is 2. The smallest absolute Gasteiger partial charge is 0.410 e. The molecular weight excluding hydrogens is 514 g/mol. The van der Waals surface area contributed by atoms with E-state index in [0.29, 0.717) is 13.1 Å². The van der Waals surface area contributed by atoms with Gasteiger partial charge in [0.1, 0.15) is 5.60 Å². The lowest BCUT2D eigenvalue weighted by Crippen LogP contribution is -2.67. The zero-order valence-corrected chi connectivity index (χ0v) is 27.3. The van der Waals surface area contributed by atoms with Gasteiger partial charge < -0.3 is 18.8 Å². The first kappa shape index (κ1) is 32.4. The molecule has 40 heavy (non-hydrogen) atoms. The molecule has 1 saturated heterocycles. The fourth-order valence-corrected chi connectivity index (χ4v) is 10.6. The Kier molecular flexibility index (Phi) is 11.1. The van der Waals surface area contributed by atoms with Crippen molar-refractivity contribution in [1.29, 1.82) is 0 Å². The van der Waals surface area contributed by atoms with Crippen molar-refractivity contribution in [2.24, 2.45) is 0 Å². The van der Waals surface area contributed by atoms with Crippen LogP contribution in [0.25, 0.3) is 0 Å². The first-order valence-corrected chi connectivity index (χ1v) is 17.1. The summed E-state index contributed by atoms with van der Waals surface area (Å²) >= 11 is 0. The average molecular weight is 568 g/mol. The van der Waals surface area contributed by atoms with Gasteiger partial charge in [0.25, 0.3) is 8.32 Å². The van der Waals surface area contributed by atoms with E-state index in [2.05, 4.69) is 95.3 Å². The monoisotopic (exact) mass is 567 g/mol. The highest BCUT2D eigenvalue weighted by Gasteiger charge is 2.50. The molecule has 0 N–H and O–H groups in total. The van der Waals surface area contributed by atoms with Crippen molar-refractivity contribution in [3.63, 3.8) is 0 Å². The molecule has 0 bridgehead atoms. The van der Waals surface area contributed by atoms with Crippen LogP contribution in [0.4, 0.5) is 4.79 Å². The molecule has 2 aromatic carbocycles. The molecule has 222 valence electrons. The highest BCUT2D eigenvalue weighted by molar-refractivity contribution is 6.99. The first-order valence-electron chi connectivity index (χ1n) is 15.2. The van der Waals surface area contributed by atoms with E-state index in [9.17, 15) is 4.79 Å². The molecule has 6 heteroatoms. The van der Waals surface area contributed by atoms with Gasteiger partial charge in [-0.3, -0.25) is 0 Å². The molecule has 0 spiro atoms. The molecule has 0 aliphatic carbocycles. The molecule has 1 heterocycles. The number of carbonyl (C=O) groups excluding carboxylic acids is 1. The van der Waals surface area contributed by atoms with Gasteiger partial charge in [-0.15, -0.1) is 0 Å². The van der Waals surface area contributed by atoms with E-state index in [1.807, 2.05) is 25.7 Å². The summed E-state index contributed by atoms with van der Waals surface area (Å²) in [5.41, 5.74) is -0.611. The largest absolute Gasteiger partial charge is 0.444 e. The summed E-state index contributed by atoms with van der Waals surface area (Å²) in [5, 5.41) is 2.63. The van der Waals surface area contributed by atoms with E-state index >= 15 is 0 Å². The van der Waals surface area contributed by atoms with Gasteiger partial charge >= 0.3 is 6.09 Å². The molecule has 0 saturated carbocycles. The van der Waals surface area contributed by atoms with Gasteiger partial charge in [0.15, 0.2) is 0 Å². The van der Waals surface area contributed by atoms with E-state index in [0.717, 1.165) is 45.1 Å². The Hall–Kier alpha value is -2.15. The molecule has 1 amide bonds. The Bertz CT molecular complexity index is 998. The molecule has 1 unspecified atom stereocenters. The third-order valence-corrected chi connectivity index (χ3v) is 13.3. The van der Waals surface area contributed by atoms with E-state index in [1.54, 1.807) is 0 Å². The molecule has 2 aromatic rings. The summed E-state index contributed by atoms with van der Waals surface area (Å²) in [7, 11) is -2.53. The lowest BCUT2D eigenvalue weighted by atomic mass is 9.88. The zero-order valence-electron chi connectivity index (χ0n) is 26.3. The van der Waals surface area contributed by atoms with Crippen molar-refractivity contribution in [2.45, 2.75) is 116 Å². The van der Waals surface area contributed by atoms with Gasteiger partial charge in [0, 0.05) is 25.8 Å². The standard InChI is InChI=1S/C34H53NO4Si/c1-9-34(23-25-35(26-24-34)31(36)38-32(3,4)5)37-27-17-16-18-28(2)39-40(33(6,7)8,29-19-12-10-13-20-29)30-21-14-11-15-22-30/h10-15,19-22,28H,9,16-18,23-27H2,1-8H3. The number of nitrogens with zero attached hydrogens (tertiary/aromatic N) is 1. The van der Waals surface area contributed by atoms with E-state index in [4.69, 9.17) is 13.9 Å². The SMILES string of the molecule is CCC1(OCCCCC(C)O[Si](c2ccccc2)(c2ccccc2)C(C)(C)C)CCN(C(=O)OC(C)(C)C)CC1. The fraction of sp³-hybridized carbons (Fsp3) is 0.618. The number of unbranched alkanes of at least 4 members (excludes halogenated alkanes) is 1. The molecule has 3 rings (SSSR count). The van der Waals surface area contributed by atoms with Crippen LogP contribution >= 0.6 is 0 Å². The predicted octanol–water partition coefficient (Wildman–Crippen LogP) is 7.32. The normalized spacial score (nSPS) is 16.9. The topological polar surface area (TPSA) is 48.0 Å². The van der Waals surface area contributed by atoms with Gasteiger partial charge in [0.2, 0.25) is 0 Å². The lowest BCUT2D eigenvalue weighted by molar-refractivity contribution is -0.0878. The molecule has 1 atom stereocenters. The van der Waals surface area contributed by atoms with Crippen LogP contribution in [0.15, 0.2) is 60.7 Å². The maximum atomic E-state index is 12.5. The van der Waals surface area contributed by atoms with Crippen LogP contribution in [0.5, 0.6) is 0 Å². The Balaban J connectivity index is 1.56. The van der Waals surface area contributed by atoms with Crippen LogP contribution in [0, 0.1) is 0 Å². The van der Waals surface area contributed by atoms with Crippen molar-refractivity contribution in [3.8, 4) is 0 Å². The molecule has 0 radical (unpaired) electrons. The highest BCUT2D eigenvalue weighted by atomic mass is 28.4. The van der Waals surface area contributed by atoms with Gasteiger partial charge in [-0.1, -0.05) is 88.4 Å². The van der Waals surface area contributed by atoms with Crippen molar-refractivity contribution >= 4 is 24.8 Å². The van der Waals surface area contributed by atoms with Crippen LogP contribution in [0.3, 0.4) is 0 Å². The summed E-state index contributed by atoms with van der Waals surface area (Å²) in [6.07, 6.45) is 5.67. The second kappa shape index (κ2) is 13.7. The summed E-state index contributed by atoms with van der Waals surface area (Å²) in [5.74, 6) is 0. The van der Waals surface area contributed by atoms with Crippen LogP contribution in [0.1, 0.15) is 93.9 Å². The number of benzene rings is 2. The van der Waals surface area contributed by atoms with Crippen molar-refractivity contribution in [2.75, 3.05) is 19.7 Å². The van der Waals surface area contributed by atoms with Crippen LogP contribution < -0.4 is 10.4 Å². The number of likely N-dealkylation sites (tertiary alicyclic amines) is 1. The van der Waals surface area contributed by atoms with E-state index < -0.39 is 13.9 Å². The van der Waals surface area contributed by atoms with Crippen LogP contribution in [0.2, 0.25) is 5.04 Å². The van der Waals surface area contributed by atoms with Gasteiger partial charge in [-0.2, -0.15) is 0 Å². The summed E-state index contributed by atoms with van der Waals surface area (Å²) in [6, 6.07) is 21.7. The van der Waals surface area contributed by atoms with Crippen molar-refractivity contribution < 1.29 is 18.7 Å². The van der Waals surface area contributed by atoms with Crippen LogP contribution in [-0.4, -0.2) is 56.3 Å². The van der Waals surface area contributed by atoms with E-state index in [-0.39, 0.29) is 22.8 Å².